The van der Waals surface area contributed by atoms with Gasteiger partial charge in [0.1, 0.15) is 0 Å². The van der Waals surface area contributed by atoms with E-state index in [-0.39, 0.29) is 18.3 Å². The molecule has 3 fully saturated rings. The number of carbonyl (C=O) groups excluding carboxylic acids is 1. The molecule has 3 heterocycles. The van der Waals surface area contributed by atoms with Gasteiger partial charge in [-0.3, -0.25) is 9.69 Å². The summed E-state index contributed by atoms with van der Waals surface area (Å²) in [6.07, 6.45) is 9.67. The van der Waals surface area contributed by atoms with Gasteiger partial charge in [0.15, 0.2) is 5.82 Å². The van der Waals surface area contributed by atoms with E-state index in [1.54, 1.807) is 6.92 Å². The Labute approximate surface area is 161 Å². The summed E-state index contributed by atoms with van der Waals surface area (Å²) in [5.41, 5.74) is 0. The van der Waals surface area contributed by atoms with Gasteiger partial charge in [-0.2, -0.15) is 0 Å². The largest absolute Gasteiger partial charge is 0.340 e. The van der Waals surface area contributed by atoms with Crippen LogP contribution in [-0.4, -0.2) is 61.6 Å². The minimum Gasteiger partial charge on any atom is -0.340 e. The summed E-state index contributed by atoms with van der Waals surface area (Å²) >= 11 is 0. The molecular weight excluding hydrogens is 352 g/mol. The van der Waals surface area contributed by atoms with E-state index in [9.17, 15) is 4.79 Å². The number of hydrogen-bond acceptors (Lipinski definition) is 5. The van der Waals surface area contributed by atoms with Gasteiger partial charge in [-0.25, -0.2) is 4.68 Å². The van der Waals surface area contributed by atoms with Gasteiger partial charge in [0.25, 0.3) is 0 Å². The zero-order valence-corrected chi connectivity index (χ0v) is 16.5. The fourth-order valence-corrected chi connectivity index (χ4v) is 4.63. The smallest absolute Gasteiger partial charge is 0.219 e. The van der Waals surface area contributed by atoms with Crippen LogP contribution in [0.1, 0.15) is 70.2 Å². The highest BCUT2D eigenvalue weighted by Gasteiger charge is 2.33. The van der Waals surface area contributed by atoms with Gasteiger partial charge in [0.05, 0.1) is 12.6 Å². The van der Waals surface area contributed by atoms with Gasteiger partial charge in [0, 0.05) is 19.5 Å². The maximum atomic E-state index is 12.1. The monoisotopic (exact) mass is 382 g/mol. The first kappa shape index (κ1) is 19.5. The Bertz CT molecular complexity index is 596. The lowest BCUT2D eigenvalue weighted by Crippen LogP contribution is -2.47. The molecule has 1 aromatic rings. The first-order valence-electron chi connectivity index (χ1n) is 9.98. The Morgan fingerprint density at radius 1 is 1.04 bits per heavy atom. The maximum absolute atomic E-state index is 12.1. The quantitative estimate of drug-likeness (QED) is 0.800. The van der Waals surface area contributed by atoms with Crippen LogP contribution in [0.25, 0.3) is 0 Å². The standard InChI is InChI=1S/C18H30N6O.ClH/c1-14(25)23-10-4-2-3-5-17(23)15-8-11-22(12-9-15)13-18-19-20-21-24(18)16-6-7-16;/h15-17H,2-13H2,1H3;1H. The highest BCUT2D eigenvalue weighted by Crippen LogP contribution is 2.35. The molecule has 0 bridgehead atoms. The fraction of sp³-hybridized carbons (Fsp3) is 0.889. The summed E-state index contributed by atoms with van der Waals surface area (Å²) in [5, 5.41) is 12.3. The molecule has 146 valence electrons. The third-order valence-electron chi connectivity index (χ3n) is 6.20. The average molecular weight is 383 g/mol. The molecule has 1 unspecified atom stereocenters. The lowest BCUT2D eigenvalue weighted by Gasteiger charge is -2.40. The van der Waals surface area contributed by atoms with Crippen molar-refractivity contribution in [3.63, 3.8) is 0 Å². The molecule has 7 nitrogen and oxygen atoms in total. The molecule has 1 atom stereocenters. The van der Waals surface area contributed by atoms with Crippen molar-refractivity contribution in [3.8, 4) is 0 Å². The number of tetrazole rings is 1. The number of hydrogen-bond donors (Lipinski definition) is 0. The van der Waals surface area contributed by atoms with Crippen molar-refractivity contribution >= 4 is 18.3 Å². The van der Waals surface area contributed by atoms with Crippen LogP contribution >= 0.6 is 12.4 Å². The third-order valence-corrected chi connectivity index (χ3v) is 6.20. The van der Waals surface area contributed by atoms with Crippen molar-refractivity contribution in [2.24, 2.45) is 5.92 Å². The summed E-state index contributed by atoms with van der Waals surface area (Å²) in [4.78, 5) is 16.7. The van der Waals surface area contributed by atoms with Gasteiger partial charge in [-0.15, -0.1) is 17.5 Å². The second-order valence-corrected chi connectivity index (χ2v) is 8.01. The molecule has 2 aliphatic heterocycles. The lowest BCUT2D eigenvalue weighted by molar-refractivity contribution is -0.132. The van der Waals surface area contributed by atoms with Gasteiger partial charge in [-0.05, 0) is 68.0 Å². The predicted molar refractivity (Wildman–Crippen MR) is 101 cm³/mol. The molecular formula is C18H31ClN6O. The van der Waals surface area contributed by atoms with E-state index in [2.05, 4.69) is 25.3 Å². The number of piperidine rings is 1. The Morgan fingerprint density at radius 3 is 2.50 bits per heavy atom. The van der Waals surface area contributed by atoms with E-state index in [0.717, 1.165) is 32.0 Å². The molecule has 26 heavy (non-hydrogen) atoms. The molecule has 1 saturated carbocycles. The average Bonchev–Trinajstić information content (AvgIpc) is 3.40. The van der Waals surface area contributed by atoms with Crippen molar-refractivity contribution in [1.82, 2.24) is 30.0 Å². The summed E-state index contributed by atoms with van der Waals surface area (Å²) in [7, 11) is 0. The number of rotatable bonds is 4. The normalized spacial score (nSPS) is 25.6. The SMILES string of the molecule is CC(=O)N1CCCCCC1C1CCN(Cc2nnnn2C2CC2)CC1.Cl. The zero-order valence-electron chi connectivity index (χ0n) is 15.7. The topological polar surface area (TPSA) is 67.2 Å². The molecule has 0 spiro atoms. The van der Waals surface area contributed by atoms with Crippen molar-refractivity contribution in [2.45, 2.75) is 76.9 Å². The van der Waals surface area contributed by atoms with E-state index < -0.39 is 0 Å². The van der Waals surface area contributed by atoms with Crippen LogP contribution in [0.3, 0.4) is 0 Å². The van der Waals surface area contributed by atoms with E-state index >= 15 is 0 Å². The molecule has 0 aromatic carbocycles. The summed E-state index contributed by atoms with van der Waals surface area (Å²) in [6, 6.07) is 0.997. The minimum atomic E-state index is 0. The van der Waals surface area contributed by atoms with Crippen LogP contribution < -0.4 is 0 Å². The van der Waals surface area contributed by atoms with E-state index in [1.165, 1.54) is 51.4 Å². The Kier molecular flexibility index (Phi) is 6.51. The van der Waals surface area contributed by atoms with Crippen LogP contribution in [0.4, 0.5) is 0 Å². The van der Waals surface area contributed by atoms with E-state index in [0.29, 0.717) is 18.0 Å². The van der Waals surface area contributed by atoms with Crippen LogP contribution in [0, 0.1) is 5.92 Å². The van der Waals surface area contributed by atoms with Gasteiger partial charge in [0.2, 0.25) is 5.91 Å². The minimum absolute atomic E-state index is 0. The number of amides is 1. The second-order valence-electron chi connectivity index (χ2n) is 8.01. The van der Waals surface area contributed by atoms with Gasteiger partial charge >= 0.3 is 0 Å². The molecule has 8 heteroatoms. The first-order chi connectivity index (χ1) is 12.2. The first-order valence-corrected chi connectivity index (χ1v) is 9.98. The van der Waals surface area contributed by atoms with Crippen molar-refractivity contribution in [3.05, 3.63) is 5.82 Å². The molecule has 1 aromatic heterocycles. The molecule has 1 amide bonds. The summed E-state index contributed by atoms with van der Waals surface area (Å²) in [5.74, 6) is 1.93. The van der Waals surface area contributed by atoms with Crippen LogP contribution in [0.15, 0.2) is 0 Å². The van der Waals surface area contributed by atoms with E-state index in [1.807, 2.05) is 4.68 Å². The van der Waals surface area contributed by atoms with Crippen molar-refractivity contribution in [2.75, 3.05) is 19.6 Å². The Morgan fingerprint density at radius 2 is 1.81 bits per heavy atom. The maximum Gasteiger partial charge on any atom is 0.219 e. The number of carbonyl (C=O) groups is 1. The molecule has 0 N–H and O–H groups in total. The van der Waals surface area contributed by atoms with Crippen LogP contribution in [0.2, 0.25) is 0 Å². The van der Waals surface area contributed by atoms with Crippen molar-refractivity contribution < 1.29 is 4.79 Å². The number of aromatic nitrogens is 4. The highest BCUT2D eigenvalue weighted by atomic mass is 35.5. The molecule has 3 aliphatic rings. The van der Waals surface area contributed by atoms with Gasteiger partial charge < -0.3 is 4.90 Å². The number of halogens is 1. The number of nitrogens with zero attached hydrogens (tertiary/aromatic N) is 6. The van der Waals surface area contributed by atoms with Gasteiger partial charge in [-0.1, -0.05) is 12.8 Å². The predicted octanol–water partition coefficient (Wildman–Crippen LogP) is 2.43. The van der Waals surface area contributed by atoms with Crippen LogP contribution in [0.5, 0.6) is 0 Å². The Balaban J connectivity index is 0.00000196. The molecule has 0 radical (unpaired) electrons. The molecule has 1 aliphatic carbocycles. The second kappa shape index (κ2) is 8.65. The molecule has 4 rings (SSSR count). The summed E-state index contributed by atoms with van der Waals surface area (Å²) < 4.78 is 2.02. The highest BCUT2D eigenvalue weighted by molar-refractivity contribution is 5.85. The lowest BCUT2D eigenvalue weighted by atomic mass is 9.86. The third kappa shape index (κ3) is 4.36. The van der Waals surface area contributed by atoms with Crippen LogP contribution in [-0.2, 0) is 11.3 Å². The zero-order chi connectivity index (χ0) is 17.2. The van der Waals surface area contributed by atoms with Crippen molar-refractivity contribution in [1.29, 1.82) is 0 Å². The molecule has 2 saturated heterocycles. The number of likely N-dealkylation sites (tertiary alicyclic amines) is 2. The Hall–Kier alpha value is -1.21. The fourth-order valence-electron chi connectivity index (χ4n) is 4.63. The van der Waals surface area contributed by atoms with E-state index in [4.69, 9.17) is 0 Å². The summed E-state index contributed by atoms with van der Waals surface area (Å²) in [6.45, 7) is 5.73.